The molecule has 0 fully saturated rings. The van der Waals surface area contributed by atoms with Gasteiger partial charge in [-0.2, -0.15) is 0 Å². The van der Waals surface area contributed by atoms with Crippen molar-refractivity contribution in [3.05, 3.63) is 96.1 Å². The van der Waals surface area contributed by atoms with Gasteiger partial charge in [-0.15, -0.1) is 0 Å². The Morgan fingerprint density at radius 2 is 1.03 bits per heavy atom. The molecular formula is C27H22N2O2. The molecule has 2 atom stereocenters. The molecule has 0 aliphatic carbocycles. The van der Waals surface area contributed by atoms with Crippen LogP contribution in [0.1, 0.15) is 29.6 Å². The fourth-order valence-electron chi connectivity index (χ4n) is 4.34. The second kappa shape index (κ2) is 7.55. The minimum Gasteiger partial charge on any atom is -0.478 e. The fourth-order valence-corrected chi connectivity index (χ4v) is 4.34. The molecule has 2 aliphatic rings. The van der Waals surface area contributed by atoms with Gasteiger partial charge in [0.25, 0.3) is 0 Å². The molecule has 4 nitrogen and oxygen atoms in total. The van der Waals surface area contributed by atoms with Gasteiger partial charge in [-0.05, 0) is 44.8 Å². The van der Waals surface area contributed by atoms with E-state index in [1.807, 2.05) is 0 Å². The summed E-state index contributed by atoms with van der Waals surface area (Å²) in [6.07, 6.45) is 0.508. The molecule has 6 rings (SSSR count). The summed E-state index contributed by atoms with van der Waals surface area (Å²) in [7, 11) is 0. The molecule has 0 saturated heterocycles. The lowest BCUT2D eigenvalue weighted by Crippen LogP contribution is -2.08. The average Bonchev–Trinajstić information content (AvgIpc) is 3.49. The van der Waals surface area contributed by atoms with E-state index in [4.69, 9.17) is 19.5 Å². The van der Waals surface area contributed by atoms with Crippen LogP contribution in [0.15, 0.2) is 94.9 Å². The fraction of sp³-hybridized carbons (Fsp3) is 0.185. The lowest BCUT2D eigenvalue weighted by molar-refractivity contribution is 0.300. The third kappa shape index (κ3) is 3.55. The van der Waals surface area contributed by atoms with Crippen molar-refractivity contribution in [3.63, 3.8) is 0 Å². The summed E-state index contributed by atoms with van der Waals surface area (Å²) in [6, 6.07) is 29.8. The summed E-state index contributed by atoms with van der Waals surface area (Å²) < 4.78 is 11.8. The van der Waals surface area contributed by atoms with Crippen LogP contribution >= 0.6 is 0 Å². The van der Waals surface area contributed by atoms with Crippen LogP contribution in [-0.2, 0) is 9.47 Å². The first-order valence-corrected chi connectivity index (χ1v) is 10.7. The number of fused-ring (bicyclic) bond motifs is 2. The topological polar surface area (TPSA) is 43.2 Å². The Morgan fingerprint density at radius 1 is 0.581 bits per heavy atom. The van der Waals surface area contributed by atoms with Crippen LogP contribution in [-0.4, -0.2) is 25.0 Å². The van der Waals surface area contributed by atoms with E-state index in [1.54, 1.807) is 0 Å². The Hall–Kier alpha value is -3.66. The second-order valence-corrected chi connectivity index (χ2v) is 8.09. The van der Waals surface area contributed by atoms with E-state index < -0.39 is 0 Å². The average molecular weight is 406 g/mol. The lowest BCUT2D eigenvalue weighted by atomic mass is 10.0. The first-order chi connectivity index (χ1) is 15.3. The normalized spacial score (nSPS) is 20.4. The summed E-state index contributed by atoms with van der Waals surface area (Å²) in [5, 5.41) is 4.93. The van der Waals surface area contributed by atoms with Crippen LogP contribution in [0.4, 0.5) is 0 Å². The molecule has 0 N–H and O–H groups in total. The Kier molecular flexibility index (Phi) is 4.42. The maximum absolute atomic E-state index is 5.88. The van der Waals surface area contributed by atoms with Crippen molar-refractivity contribution in [2.75, 3.05) is 13.2 Å². The van der Waals surface area contributed by atoms with Crippen LogP contribution in [0.2, 0.25) is 0 Å². The van der Waals surface area contributed by atoms with Gasteiger partial charge in [0, 0.05) is 0 Å². The number of aliphatic imine (C=N–C) groups is 2. The zero-order valence-corrected chi connectivity index (χ0v) is 17.1. The molecular weight excluding hydrogens is 384 g/mol. The molecule has 4 aromatic rings. The van der Waals surface area contributed by atoms with Gasteiger partial charge < -0.3 is 9.47 Å². The van der Waals surface area contributed by atoms with Crippen LogP contribution < -0.4 is 0 Å². The van der Waals surface area contributed by atoms with Crippen molar-refractivity contribution in [1.82, 2.24) is 0 Å². The van der Waals surface area contributed by atoms with Gasteiger partial charge >= 0.3 is 0 Å². The molecule has 0 bridgehead atoms. The van der Waals surface area contributed by atoms with Crippen molar-refractivity contribution in [2.45, 2.75) is 18.5 Å². The minimum atomic E-state index is 0.0258. The monoisotopic (exact) mass is 406 g/mol. The highest BCUT2D eigenvalue weighted by atomic mass is 16.5. The van der Waals surface area contributed by atoms with E-state index in [0.717, 1.165) is 0 Å². The number of hydrogen-bond acceptors (Lipinski definition) is 4. The van der Waals surface area contributed by atoms with E-state index in [2.05, 4.69) is 84.9 Å². The van der Waals surface area contributed by atoms with E-state index in [1.165, 1.54) is 32.7 Å². The predicted molar refractivity (Wildman–Crippen MR) is 125 cm³/mol. The van der Waals surface area contributed by atoms with Crippen LogP contribution in [0, 0.1) is 0 Å². The molecule has 0 saturated carbocycles. The van der Waals surface area contributed by atoms with Gasteiger partial charge in [0.05, 0.1) is 6.42 Å². The molecule has 2 aliphatic heterocycles. The maximum atomic E-state index is 5.88. The largest absolute Gasteiger partial charge is 0.478 e. The number of rotatable bonds is 4. The molecule has 4 heteroatoms. The summed E-state index contributed by atoms with van der Waals surface area (Å²) in [6.45, 7) is 1.13. The molecule has 152 valence electrons. The molecule has 0 amide bonds. The minimum absolute atomic E-state index is 0.0258. The van der Waals surface area contributed by atoms with Crippen molar-refractivity contribution < 1.29 is 9.47 Å². The number of ether oxygens (including phenoxy) is 2. The first-order valence-electron chi connectivity index (χ1n) is 10.7. The van der Waals surface area contributed by atoms with Crippen LogP contribution in [0.5, 0.6) is 0 Å². The highest BCUT2D eigenvalue weighted by Gasteiger charge is 2.26. The summed E-state index contributed by atoms with van der Waals surface area (Å²) in [4.78, 5) is 9.60. The molecule has 2 unspecified atom stereocenters. The standard InChI is InChI=1S/C27H22N2O2/c1-3-7-20-13-22(11-9-18(20)5-1)24-16-30-26(28-24)15-27-29-25(17-31-27)23-12-10-19-6-2-4-8-21(19)14-23/h1-14,24-25H,15-17H2. The highest BCUT2D eigenvalue weighted by molar-refractivity contribution is 5.98. The van der Waals surface area contributed by atoms with Crippen molar-refractivity contribution in [2.24, 2.45) is 9.98 Å². The lowest BCUT2D eigenvalue weighted by Gasteiger charge is -2.06. The smallest absolute Gasteiger partial charge is 0.193 e. The first kappa shape index (κ1) is 18.1. The van der Waals surface area contributed by atoms with E-state index in [0.29, 0.717) is 31.4 Å². The summed E-state index contributed by atoms with van der Waals surface area (Å²) in [5.41, 5.74) is 2.36. The molecule has 2 heterocycles. The van der Waals surface area contributed by atoms with Crippen LogP contribution in [0.3, 0.4) is 0 Å². The van der Waals surface area contributed by atoms with Gasteiger partial charge in [0.2, 0.25) is 0 Å². The molecule has 0 aromatic heterocycles. The molecule has 4 aromatic carbocycles. The van der Waals surface area contributed by atoms with Crippen LogP contribution in [0.25, 0.3) is 21.5 Å². The summed E-state index contributed by atoms with van der Waals surface area (Å²) in [5.74, 6) is 1.41. The number of benzene rings is 4. The second-order valence-electron chi connectivity index (χ2n) is 8.09. The van der Waals surface area contributed by atoms with Gasteiger partial charge in [-0.3, -0.25) is 0 Å². The van der Waals surface area contributed by atoms with E-state index in [-0.39, 0.29) is 12.1 Å². The maximum Gasteiger partial charge on any atom is 0.193 e. The molecule has 31 heavy (non-hydrogen) atoms. The zero-order chi connectivity index (χ0) is 20.6. The summed E-state index contributed by atoms with van der Waals surface area (Å²) >= 11 is 0. The number of nitrogens with zero attached hydrogens (tertiary/aromatic N) is 2. The Balaban J connectivity index is 1.18. The Labute approximate surface area is 180 Å². The Morgan fingerprint density at radius 3 is 1.52 bits per heavy atom. The third-order valence-electron chi connectivity index (χ3n) is 6.03. The quantitative estimate of drug-likeness (QED) is 0.416. The van der Waals surface area contributed by atoms with Gasteiger partial charge in [-0.1, -0.05) is 72.8 Å². The predicted octanol–water partition coefficient (Wildman–Crippen LogP) is 6.02. The van der Waals surface area contributed by atoms with E-state index >= 15 is 0 Å². The van der Waals surface area contributed by atoms with Gasteiger partial charge in [-0.25, -0.2) is 9.98 Å². The SMILES string of the molecule is c1ccc2cc(C3COC(CC4=NC(c5ccc6ccccc6c5)CO4)=N3)ccc2c1. The Bertz CT molecular complexity index is 1240. The molecule has 0 spiro atoms. The van der Waals surface area contributed by atoms with Crippen molar-refractivity contribution in [1.29, 1.82) is 0 Å². The highest BCUT2D eigenvalue weighted by Crippen LogP contribution is 2.30. The molecule has 0 radical (unpaired) electrons. The van der Waals surface area contributed by atoms with Crippen molar-refractivity contribution in [3.8, 4) is 0 Å². The zero-order valence-electron chi connectivity index (χ0n) is 17.1. The van der Waals surface area contributed by atoms with Crippen molar-refractivity contribution >= 4 is 33.3 Å². The van der Waals surface area contributed by atoms with Gasteiger partial charge in [0.1, 0.15) is 25.3 Å². The third-order valence-corrected chi connectivity index (χ3v) is 6.03. The number of hydrogen-bond donors (Lipinski definition) is 0. The van der Waals surface area contributed by atoms with E-state index in [9.17, 15) is 0 Å². The van der Waals surface area contributed by atoms with Gasteiger partial charge in [0.15, 0.2) is 11.8 Å².